The van der Waals surface area contributed by atoms with Crippen molar-refractivity contribution in [1.82, 2.24) is 4.98 Å². The Bertz CT molecular complexity index is 557. The van der Waals surface area contributed by atoms with Crippen LogP contribution in [0.25, 0.3) is 0 Å². The van der Waals surface area contributed by atoms with Crippen LogP contribution in [0.15, 0.2) is 46.9 Å². The monoisotopic (exact) mass is 307 g/mol. The number of hydrogen-bond acceptors (Lipinski definition) is 3. The Morgan fingerprint density at radius 3 is 2.61 bits per heavy atom. The molecular weight excluding hydrogens is 298 g/mol. The highest BCUT2D eigenvalue weighted by molar-refractivity contribution is 9.10. The van der Waals surface area contributed by atoms with Gasteiger partial charge in [0.05, 0.1) is 4.47 Å². The fourth-order valence-corrected chi connectivity index (χ4v) is 1.71. The van der Waals surface area contributed by atoms with Gasteiger partial charge in [-0.15, -0.1) is 0 Å². The fraction of sp³-hybridized carbons (Fsp3) is 0.0769. The van der Waals surface area contributed by atoms with Crippen LogP contribution < -0.4 is 4.74 Å². The van der Waals surface area contributed by atoms with Crippen molar-refractivity contribution in [3.05, 3.63) is 58.2 Å². The van der Waals surface area contributed by atoms with Crippen molar-refractivity contribution >= 4 is 21.9 Å². The predicted molar refractivity (Wildman–Crippen MR) is 69.7 cm³/mol. The normalized spacial score (nSPS) is 10.1. The van der Waals surface area contributed by atoms with Gasteiger partial charge in [0.15, 0.2) is 5.69 Å². The number of halogens is 1. The van der Waals surface area contributed by atoms with Crippen LogP contribution in [0.5, 0.6) is 5.88 Å². The van der Waals surface area contributed by atoms with Crippen LogP contribution in [0.3, 0.4) is 0 Å². The number of carbonyl (C=O) groups is 1. The molecule has 92 valence electrons. The molecule has 0 unspecified atom stereocenters. The third kappa shape index (κ3) is 3.07. The Kier molecular flexibility index (Phi) is 3.94. The minimum Gasteiger partial charge on any atom is -0.477 e. The van der Waals surface area contributed by atoms with Gasteiger partial charge in [-0.1, -0.05) is 30.3 Å². The lowest BCUT2D eigenvalue weighted by Gasteiger charge is -2.07. The maximum atomic E-state index is 10.8. The number of pyridine rings is 1. The van der Waals surface area contributed by atoms with E-state index in [4.69, 9.17) is 9.84 Å². The Morgan fingerprint density at radius 2 is 1.94 bits per heavy atom. The van der Waals surface area contributed by atoms with Gasteiger partial charge in [-0.05, 0) is 33.6 Å². The van der Waals surface area contributed by atoms with E-state index in [9.17, 15) is 4.79 Å². The number of carboxylic acids is 1. The Labute approximate surface area is 112 Å². The summed E-state index contributed by atoms with van der Waals surface area (Å²) in [6.07, 6.45) is 0. The molecule has 0 saturated carbocycles. The second-order valence-corrected chi connectivity index (χ2v) is 4.42. The van der Waals surface area contributed by atoms with Crippen LogP contribution in [-0.4, -0.2) is 16.1 Å². The van der Waals surface area contributed by atoms with Crippen LogP contribution in [-0.2, 0) is 6.61 Å². The molecule has 2 rings (SSSR count). The van der Waals surface area contributed by atoms with Crippen molar-refractivity contribution in [2.75, 3.05) is 0 Å². The minimum absolute atomic E-state index is 0.0405. The molecule has 1 aromatic carbocycles. The van der Waals surface area contributed by atoms with E-state index < -0.39 is 5.97 Å². The molecule has 0 bridgehead atoms. The highest BCUT2D eigenvalue weighted by Crippen LogP contribution is 2.23. The first-order valence-electron chi connectivity index (χ1n) is 5.23. The molecule has 0 aliphatic rings. The van der Waals surface area contributed by atoms with E-state index in [1.54, 1.807) is 6.07 Å². The lowest BCUT2D eigenvalue weighted by molar-refractivity contribution is 0.0689. The molecule has 0 saturated heterocycles. The van der Waals surface area contributed by atoms with E-state index in [0.29, 0.717) is 11.1 Å². The molecule has 0 aliphatic carbocycles. The van der Waals surface area contributed by atoms with Gasteiger partial charge in [-0.2, -0.15) is 0 Å². The van der Waals surface area contributed by atoms with E-state index in [1.165, 1.54) is 6.07 Å². The Hall–Kier alpha value is -1.88. The van der Waals surface area contributed by atoms with Gasteiger partial charge in [-0.3, -0.25) is 0 Å². The summed E-state index contributed by atoms with van der Waals surface area (Å²) in [5, 5.41) is 8.85. The third-order valence-corrected chi connectivity index (χ3v) is 2.85. The van der Waals surface area contributed by atoms with Crippen molar-refractivity contribution in [1.29, 1.82) is 0 Å². The smallest absolute Gasteiger partial charge is 0.354 e. The molecule has 1 heterocycles. The molecular formula is C13H10BrNO3. The van der Waals surface area contributed by atoms with Crippen LogP contribution in [0, 0.1) is 0 Å². The summed E-state index contributed by atoms with van der Waals surface area (Å²) in [7, 11) is 0. The van der Waals surface area contributed by atoms with Gasteiger partial charge in [-0.25, -0.2) is 9.78 Å². The van der Waals surface area contributed by atoms with Crippen molar-refractivity contribution in [2.24, 2.45) is 0 Å². The summed E-state index contributed by atoms with van der Waals surface area (Å²) in [5.41, 5.74) is 0.952. The van der Waals surface area contributed by atoms with Crippen molar-refractivity contribution in [2.45, 2.75) is 6.61 Å². The topological polar surface area (TPSA) is 59.4 Å². The van der Waals surface area contributed by atoms with Gasteiger partial charge in [0.1, 0.15) is 6.61 Å². The number of nitrogens with zero attached hydrogens (tertiary/aromatic N) is 1. The first-order valence-corrected chi connectivity index (χ1v) is 6.02. The maximum absolute atomic E-state index is 10.8. The van der Waals surface area contributed by atoms with Crippen LogP contribution in [0.2, 0.25) is 0 Å². The summed E-state index contributed by atoms with van der Waals surface area (Å²) in [6.45, 7) is 0.343. The summed E-state index contributed by atoms with van der Waals surface area (Å²) < 4.78 is 6.12. The second kappa shape index (κ2) is 5.64. The Balaban J connectivity index is 2.14. The fourth-order valence-electron chi connectivity index (χ4n) is 1.37. The molecule has 4 nitrogen and oxygen atoms in total. The largest absolute Gasteiger partial charge is 0.477 e. The van der Waals surface area contributed by atoms with Gasteiger partial charge >= 0.3 is 5.97 Å². The highest BCUT2D eigenvalue weighted by Gasteiger charge is 2.09. The van der Waals surface area contributed by atoms with E-state index in [0.717, 1.165) is 5.56 Å². The number of rotatable bonds is 4. The summed E-state index contributed by atoms with van der Waals surface area (Å²) >= 11 is 3.27. The minimum atomic E-state index is -1.08. The third-order valence-electron chi connectivity index (χ3n) is 2.25. The number of hydrogen-bond donors (Lipinski definition) is 1. The summed E-state index contributed by atoms with van der Waals surface area (Å²) in [4.78, 5) is 14.7. The van der Waals surface area contributed by atoms with E-state index >= 15 is 0 Å². The number of benzene rings is 1. The van der Waals surface area contributed by atoms with Gasteiger partial charge in [0.25, 0.3) is 0 Å². The average molecular weight is 308 g/mol. The molecule has 1 aromatic heterocycles. The van der Waals surface area contributed by atoms with Crippen LogP contribution in [0.1, 0.15) is 16.1 Å². The van der Waals surface area contributed by atoms with Gasteiger partial charge in [0.2, 0.25) is 5.88 Å². The maximum Gasteiger partial charge on any atom is 0.354 e. The molecule has 18 heavy (non-hydrogen) atoms. The Morgan fingerprint density at radius 1 is 1.22 bits per heavy atom. The van der Waals surface area contributed by atoms with Gasteiger partial charge in [0, 0.05) is 0 Å². The molecule has 0 atom stereocenters. The second-order valence-electron chi connectivity index (χ2n) is 3.56. The lowest BCUT2D eigenvalue weighted by Crippen LogP contribution is -2.04. The van der Waals surface area contributed by atoms with E-state index in [-0.39, 0.29) is 11.6 Å². The van der Waals surface area contributed by atoms with Gasteiger partial charge < -0.3 is 9.84 Å². The van der Waals surface area contributed by atoms with Crippen molar-refractivity contribution in [3.8, 4) is 5.88 Å². The number of aromatic nitrogens is 1. The molecule has 5 heteroatoms. The number of carboxylic acid groups (broad SMARTS) is 1. The summed E-state index contributed by atoms with van der Waals surface area (Å²) in [5.74, 6) is -0.800. The molecule has 0 amide bonds. The summed E-state index contributed by atoms with van der Waals surface area (Å²) in [6, 6.07) is 12.6. The van der Waals surface area contributed by atoms with Crippen molar-refractivity contribution in [3.63, 3.8) is 0 Å². The SMILES string of the molecule is O=C(O)c1ccc(Br)c(OCc2ccccc2)n1. The molecule has 1 N–H and O–H groups in total. The average Bonchev–Trinajstić information content (AvgIpc) is 2.38. The standard InChI is InChI=1S/C13H10BrNO3/c14-10-6-7-11(13(16)17)15-12(10)18-8-9-4-2-1-3-5-9/h1-7H,8H2,(H,16,17). The molecule has 0 fully saturated rings. The predicted octanol–water partition coefficient (Wildman–Crippen LogP) is 3.12. The van der Waals surface area contributed by atoms with Crippen LogP contribution >= 0.6 is 15.9 Å². The quantitative estimate of drug-likeness (QED) is 0.943. The zero-order valence-corrected chi connectivity index (χ0v) is 10.9. The zero-order valence-electron chi connectivity index (χ0n) is 9.34. The van der Waals surface area contributed by atoms with E-state index in [1.807, 2.05) is 30.3 Å². The van der Waals surface area contributed by atoms with Crippen molar-refractivity contribution < 1.29 is 14.6 Å². The van der Waals surface area contributed by atoms with Crippen LogP contribution in [0.4, 0.5) is 0 Å². The highest BCUT2D eigenvalue weighted by atomic mass is 79.9. The molecule has 0 aliphatic heterocycles. The van der Waals surface area contributed by atoms with E-state index in [2.05, 4.69) is 20.9 Å². The first kappa shape index (κ1) is 12.6. The first-order chi connectivity index (χ1) is 8.66. The number of ether oxygens (including phenoxy) is 1. The lowest BCUT2D eigenvalue weighted by atomic mass is 10.2. The number of aromatic carboxylic acids is 1. The molecule has 2 aromatic rings. The zero-order chi connectivity index (χ0) is 13.0. The molecule has 0 spiro atoms. The molecule has 0 radical (unpaired) electrons.